The van der Waals surface area contributed by atoms with Crippen molar-refractivity contribution in [1.82, 2.24) is 4.98 Å². The molecule has 0 atom stereocenters. The average Bonchev–Trinajstić information content (AvgIpc) is 3.11. The van der Waals surface area contributed by atoms with E-state index in [4.69, 9.17) is 4.42 Å². The number of carbonyl (C=O) groups is 1. The molecular formula is C22H14FNO2. The third-order valence-electron chi connectivity index (χ3n) is 3.99. The molecule has 0 saturated heterocycles. The Bertz CT molecular complexity index is 1060. The number of ketones is 1. The molecule has 3 aromatic carbocycles. The van der Waals surface area contributed by atoms with Crippen LogP contribution in [0, 0.1) is 5.82 Å². The van der Waals surface area contributed by atoms with Crippen LogP contribution in [0.25, 0.3) is 22.7 Å². The highest BCUT2D eigenvalue weighted by Crippen LogP contribution is 2.26. The van der Waals surface area contributed by atoms with Crippen molar-refractivity contribution in [3.05, 3.63) is 102 Å². The van der Waals surface area contributed by atoms with E-state index >= 15 is 0 Å². The smallest absolute Gasteiger partial charge is 0.231 e. The molecule has 4 heteroatoms. The molecule has 3 nitrogen and oxygen atoms in total. The number of aromatic nitrogens is 1. The number of nitrogens with zero attached hydrogens (tertiary/aromatic N) is 1. The average molecular weight is 343 g/mol. The summed E-state index contributed by atoms with van der Waals surface area (Å²) in [5, 5.41) is 0. The summed E-state index contributed by atoms with van der Waals surface area (Å²) in [6.07, 6.45) is 1.67. The zero-order valence-corrected chi connectivity index (χ0v) is 13.7. The first kappa shape index (κ1) is 16.0. The second kappa shape index (κ2) is 6.76. The number of oxazole rings is 1. The van der Waals surface area contributed by atoms with Crippen molar-refractivity contribution in [2.24, 2.45) is 0 Å². The lowest BCUT2D eigenvalue weighted by Crippen LogP contribution is -2.03. The molecule has 4 rings (SSSR count). The number of benzene rings is 3. The molecule has 0 aliphatic rings. The monoisotopic (exact) mass is 343 g/mol. The summed E-state index contributed by atoms with van der Waals surface area (Å²) in [6.45, 7) is 0. The third kappa shape index (κ3) is 3.17. The van der Waals surface area contributed by atoms with Crippen LogP contribution in [0.15, 0.2) is 83.3 Å². The molecule has 0 spiro atoms. The first-order chi connectivity index (χ1) is 12.7. The fourth-order valence-corrected chi connectivity index (χ4v) is 2.68. The molecule has 26 heavy (non-hydrogen) atoms. The molecule has 0 fully saturated rings. The molecule has 1 aromatic heterocycles. The van der Waals surface area contributed by atoms with E-state index in [2.05, 4.69) is 4.98 Å². The van der Waals surface area contributed by atoms with Crippen molar-refractivity contribution in [3.63, 3.8) is 0 Å². The maximum absolute atomic E-state index is 13.2. The lowest BCUT2D eigenvalue weighted by Gasteiger charge is -2.04. The molecule has 0 amide bonds. The number of rotatable bonds is 4. The molecule has 1 heterocycles. The van der Waals surface area contributed by atoms with Gasteiger partial charge in [0.1, 0.15) is 11.3 Å². The highest BCUT2D eigenvalue weighted by atomic mass is 19.1. The predicted octanol–water partition coefficient (Wildman–Crippen LogP) is 5.39. The van der Waals surface area contributed by atoms with Gasteiger partial charge in [0.25, 0.3) is 0 Å². The largest absolute Gasteiger partial charge is 0.436 e. The highest BCUT2D eigenvalue weighted by Gasteiger charge is 2.20. The Kier molecular flexibility index (Phi) is 4.15. The summed E-state index contributed by atoms with van der Waals surface area (Å²) >= 11 is 0. The maximum Gasteiger partial charge on any atom is 0.231 e. The minimum Gasteiger partial charge on any atom is -0.436 e. The Morgan fingerprint density at radius 2 is 1.58 bits per heavy atom. The molecule has 0 radical (unpaired) electrons. The van der Waals surface area contributed by atoms with E-state index in [1.807, 2.05) is 24.3 Å². The van der Waals surface area contributed by atoms with Crippen LogP contribution < -0.4 is 0 Å². The molecule has 126 valence electrons. The first-order valence-electron chi connectivity index (χ1n) is 8.14. The topological polar surface area (TPSA) is 43.1 Å². The van der Waals surface area contributed by atoms with E-state index in [9.17, 15) is 9.18 Å². The number of carbonyl (C=O) groups excluding carboxylic acids is 1. The van der Waals surface area contributed by atoms with E-state index in [0.29, 0.717) is 27.8 Å². The van der Waals surface area contributed by atoms with Gasteiger partial charge in [-0.1, -0.05) is 54.6 Å². The molecular weight excluding hydrogens is 329 g/mol. The minimum absolute atomic E-state index is 0.207. The molecule has 0 saturated carbocycles. The Morgan fingerprint density at radius 1 is 0.885 bits per heavy atom. The molecule has 0 N–H and O–H groups in total. The van der Waals surface area contributed by atoms with Gasteiger partial charge in [-0.3, -0.25) is 4.79 Å². The van der Waals surface area contributed by atoms with Gasteiger partial charge < -0.3 is 4.42 Å². The van der Waals surface area contributed by atoms with Crippen LogP contribution in [0.1, 0.15) is 21.8 Å². The van der Waals surface area contributed by atoms with E-state index in [-0.39, 0.29) is 17.5 Å². The molecule has 4 aromatic rings. The van der Waals surface area contributed by atoms with Crippen LogP contribution in [0.4, 0.5) is 4.39 Å². The van der Waals surface area contributed by atoms with Crippen molar-refractivity contribution in [2.45, 2.75) is 0 Å². The quantitative estimate of drug-likeness (QED) is 0.368. The zero-order valence-electron chi connectivity index (χ0n) is 13.7. The van der Waals surface area contributed by atoms with Gasteiger partial charge in [0.05, 0.1) is 5.57 Å². The van der Waals surface area contributed by atoms with Crippen LogP contribution >= 0.6 is 0 Å². The first-order valence-corrected chi connectivity index (χ1v) is 8.14. The van der Waals surface area contributed by atoms with Crippen LogP contribution in [0.2, 0.25) is 0 Å². The summed E-state index contributed by atoms with van der Waals surface area (Å²) in [6, 6.07) is 22.2. The maximum atomic E-state index is 13.2. The Morgan fingerprint density at radius 3 is 2.31 bits per heavy atom. The number of Topliss-reactive ketones (excluding diaryl/α,β-unsaturated/α-hetero) is 1. The Labute approximate surface area is 149 Å². The van der Waals surface area contributed by atoms with Gasteiger partial charge >= 0.3 is 0 Å². The van der Waals surface area contributed by atoms with E-state index in [1.165, 1.54) is 12.1 Å². The zero-order chi connectivity index (χ0) is 17.9. The number of fused-ring (bicyclic) bond motifs is 1. The van der Waals surface area contributed by atoms with Gasteiger partial charge in [-0.15, -0.1) is 0 Å². The number of hydrogen-bond donors (Lipinski definition) is 0. The van der Waals surface area contributed by atoms with Gasteiger partial charge in [-0.05, 0) is 35.9 Å². The third-order valence-corrected chi connectivity index (χ3v) is 3.99. The number of para-hydroxylation sites is 2. The summed E-state index contributed by atoms with van der Waals surface area (Å²) in [7, 11) is 0. The second-order valence-corrected chi connectivity index (χ2v) is 5.79. The van der Waals surface area contributed by atoms with Crippen LogP contribution in [0.5, 0.6) is 0 Å². The van der Waals surface area contributed by atoms with E-state index in [0.717, 1.165) is 0 Å². The normalized spacial score (nSPS) is 11.7. The van der Waals surface area contributed by atoms with Crippen LogP contribution in [0.3, 0.4) is 0 Å². The van der Waals surface area contributed by atoms with Crippen molar-refractivity contribution < 1.29 is 13.6 Å². The van der Waals surface area contributed by atoms with Crippen molar-refractivity contribution in [3.8, 4) is 0 Å². The highest BCUT2D eigenvalue weighted by molar-refractivity contribution is 6.31. The molecule has 0 unspecified atom stereocenters. The van der Waals surface area contributed by atoms with Crippen molar-refractivity contribution >= 4 is 28.5 Å². The standard InChI is InChI=1S/C22H14FNO2/c23-17-12-10-15(11-13-17)14-18(21(25)16-6-2-1-3-7-16)22-24-19-8-4-5-9-20(19)26-22/h1-14H/b18-14+. The lowest BCUT2D eigenvalue weighted by molar-refractivity contribution is 0.105. The number of allylic oxidation sites excluding steroid dienone is 1. The summed E-state index contributed by atoms with van der Waals surface area (Å²) in [5.41, 5.74) is 2.82. The summed E-state index contributed by atoms with van der Waals surface area (Å²) in [4.78, 5) is 17.5. The van der Waals surface area contributed by atoms with Crippen LogP contribution in [-0.2, 0) is 0 Å². The Hall–Kier alpha value is -3.53. The molecule has 0 aliphatic carbocycles. The summed E-state index contributed by atoms with van der Waals surface area (Å²) in [5.74, 6) is -0.300. The molecule has 0 aliphatic heterocycles. The fourth-order valence-electron chi connectivity index (χ4n) is 2.68. The van der Waals surface area contributed by atoms with Crippen molar-refractivity contribution in [2.75, 3.05) is 0 Å². The number of halogens is 1. The SMILES string of the molecule is O=C(/C(=C\c1ccc(F)cc1)c1nc2ccccc2o1)c1ccccc1. The predicted molar refractivity (Wildman–Crippen MR) is 99.1 cm³/mol. The number of hydrogen-bond acceptors (Lipinski definition) is 3. The van der Waals surface area contributed by atoms with E-state index < -0.39 is 0 Å². The van der Waals surface area contributed by atoms with Gasteiger partial charge in [0.2, 0.25) is 5.89 Å². The van der Waals surface area contributed by atoms with E-state index in [1.54, 1.807) is 48.5 Å². The second-order valence-electron chi connectivity index (χ2n) is 5.79. The molecule has 0 bridgehead atoms. The van der Waals surface area contributed by atoms with Gasteiger partial charge in [-0.25, -0.2) is 9.37 Å². The van der Waals surface area contributed by atoms with Gasteiger partial charge in [0.15, 0.2) is 11.4 Å². The van der Waals surface area contributed by atoms with Crippen molar-refractivity contribution in [1.29, 1.82) is 0 Å². The Balaban J connectivity index is 1.85. The fraction of sp³-hybridized carbons (Fsp3) is 0. The minimum atomic E-state index is -0.333. The van der Waals surface area contributed by atoms with Gasteiger partial charge in [0, 0.05) is 5.56 Å². The van der Waals surface area contributed by atoms with Crippen LogP contribution in [-0.4, -0.2) is 10.8 Å². The summed E-state index contributed by atoms with van der Waals surface area (Å²) < 4.78 is 19.0. The van der Waals surface area contributed by atoms with Gasteiger partial charge in [-0.2, -0.15) is 0 Å². The lowest BCUT2D eigenvalue weighted by atomic mass is 10.0.